The third kappa shape index (κ3) is 5.58. The van der Waals surface area contributed by atoms with Crippen LogP contribution in [0.1, 0.15) is 17.5 Å². The van der Waals surface area contributed by atoms with Crippen molar-refractivity contribution in [2.45, 2.75) is 31.6 Å². The Kier molecular flexibility index (Phi) is 7.10. The minimum atomic E-state index is -0.609. The molecule has 0 bridgehead atoms. The van der Waals surface area contributed by atoms with E-state index in [1.807, 2.05) is 30.5 Å². The average molecular weight is 422 g/mol. The third-order valence-corrected chi connectivity index (χ3v) is 5.40. The molecule has 0 spiro atoms. The number of ether oxygens (including phenoxy) is 2. The maximum atomic E-state index is 12.4. The Morgan fingerprint density at radius 1 is 1.26 bits per heavy atom. The normalized spacial score (nSPS) is 19.6. The second-order valence-electron chi connectivity index (χ2n) is 7.72. The van der Waals surface area contributed by atoms with Crippen molar-refractivity contribution in [2.75, 3.05) is 38.2 Å². The summed E-state index contributed by atoms with van der Waals surface area (Å²) < 4.78 is 11.2. The largest absolute Gasteiger partial charge is 0.375 e. The molecule has 1 fully saturated rings. The van der Waals surface area contributed by atoms with Crippen LogP contribution >= 0.6 is 0 Å². The van der Waals surface area contributed by atoms with Crippen LogP contribution in [0.25, 0.3) is 11.1 Å². The molecule has 0 saturated carbocycles. The number of fused-ring (bicyclic) bond motifs is 1. The van der Waals surface area contributed by atoms with E-state index in [9.17, 15) is 10.1 Å². The highest BCUT2D eigenvalue weighted by molar-refractivity contribution is 5.81. The van der Waals surface area contributed by atoms with Crippen molar-refractivity contribution in [3.8, 4) is 17.2 Å². The Labute approximate surface area is 182 Å². The predicted molar refractivity (Wildman–Crippen MR) is 116 cm³/mol. The first-order valence-corrected chi connectivity index (χ1v) is 10.6. The van der Waals surface area contributed by atoms with Gasteiger partial charge in [0.05, 0.1) is 19.3 Å². The summed E-state index contributed by atoms with van der Waals surface area (Å²) >= 11 is 0. The average Bonchev–Trinajstić information content (AvgIpc) is 3.22. The quantitative estimate of drug-likeness (QED) is 0.673. The number of anilines is 1. The van der Waals surface area contributed by atoms with Crippen LogP contribution in [-0.2, 0) is 27.3 Å². The molecular weight excluding hydrogens is 394 g/mol. The maximum absolute atomic E-state index is 12.4. The fourth-order valence-electron chi connectivity index (χ4n) is 3.71. The van der Waals surface area contributed by atoms with Gasteiger partial charge in [-0.1, -0.05) is 24.3 Å². The summed E-state index contributed by atoms with van der Waals surface area (Å²) in [6.45, 7) is 3.82. The van der Waals surface area contributed by atoms with Gasteiger partial charge in [0.15, 0.2) is 0 Å². The van der Waals surface area contributed by atoms with Gasteiger partial charge in [-0.2, -0.15) is 5.26 Å². The molecule has 3 N–H and O–H groups in total. The number of carbonyl (C=O) groups excluding carboxylic acids is 1. The lowest BCUT2D eigenvalue weighted by molar-refractivity contribution is -0.132. The van der Waals surface area contributed by atoms with Crippen molar-refractivity contribution in [3.63, 3.8) is 0 Å². The van der Waals surface area contributed by atoms with E-state index in [0.29, 0.717) is 32.8 Å². The molecular formula is C23H27N5O3. The van der Waals surface area contributed by atoms with Gasteiger partial charge in [0.25, 0.3) is 5.91 Å². The van der Waals surface area contributed by atoms with E-state index < -0.39 is 12.1 Å². The van der Waals surface area contributed by atoms with Gasteiger partial charge >= 0.3 is 0 Å². The molecule has 8 nitrogen and oxygen atoms in total. The fourth-order valence-corrected chi connectivity index (χ4v) is 3.71. The first-order chi connectivity index (χ1) is 15.2. The summed E-state index contributed by atoms with van der Waals surface area (Å²) in [4.78, 5) is 17.0. The van der Waals surface area contributed by atoms with Crippen LogP contribution < -0.4 is 16.0 Å². The van der Waals surface area contributed by atoms with Gasteiger partial charge in [-0.05, 0) is 30.2 Å². The van der Waals surface area contributed by atoms with Crippen molar-refractivity contribution in [2.24, 2.45) is 0 Å². The predicted octanol–water partition coefficient (Wildman–Crippen LogP) is 1.62. The van der Waals surface area contributed by atoms with Crippen LogP contribution in [0.5, 0.6) is 0 Å². The third-order valence-electron chi connectivity index (χ3n) is 5.40. The molecule has 2 aliphatic rings. The number of amides is 1. The van der Waals surface area contributed by atoms with Crippen LogP contribution in [0.2, 0.25) is 0 Å². The van der Waals surface area contributed by atoms with E-state index in [1.54, 1.807) is 0 Å². The van der Waals surface area contributed by atoms with Crippen molar-refractivity contribution >= 4 is 11.7 Å². The molecule has 162 valence electrons. The lowest BCUT2D eigenvalue weighted by Crippen LogP contribution is -2.46. The van der Waals surface area contributed by atoms with Crippen molar-refractivity contribution in [3.05, 3.63) is 47.7 Å². The second kappa shape index (κ2) is 10.4. The van der Waals surface area contributed by atoms with Gasteiger partial charge in [0.1, 0.15) is 18.0 Å². The number of benzene rings is 1. The standard InChI is InChI=1S/C23H27N5O3/c24-12-20(28-23(29)21-14-25-6-1-8-31-21)10-16-2-4-17(5-3-16)18-11-19-15-30-9-7-26-22(19)27-13-18/h2-5,11,13,20-21,25H,1,6-10,14-15H2,(H,26,27)(H,28,29)/t20-,21-/m0/s1. The van der Waals surface area contributed by atoms with E-state index in [-0.39, 0.29) is 5.91 Å². The Balaban J connectivity index is 1.39. The van der Waals surface area contributed by atoms with E-state index >= 15 is 0 Å². The molecule has 1 saturated heterocycles. The zero-order valence-electron chi connectivity index (χ0n) is 17.4. The number of carbonyl (C=O) groups is 1. The first-order valence-electron chi connectivity index (χ1n) is 10.6. The minimum Gasteiger partial charge on any atom is -0.375 e. The SMILES string of the molecule is N#C[C@H](Cc1ccc(-c2cnc3c(c2)COCCN3)cc1)NC(=O)[C@@H]1CNCCCO1. The molecule has 8 heteroatoms. The molecule has 2 aromatic rings. The van der Waals surface area contributed by atoms with Gasteiger partial charge in [-0.15, -0.1) is 0 Å². The molecule has 4 rings (SSSR count). The molecule has 0 unspecified atom stereocenters. The van der Waals surface area contributed by atoms with E-state index in [4.69, 9.17) is 9.47 Å². The molecule has 2 atom stereocenters. The van der Waals surface area contributed by atoms with Gasteiger partial charge in [-0.25, -0.2) is 4.98 Å². The number of hydrogen-bond acceptors (Lipinski definition) is 7. The number of nitriles is 1. The Hall–Kier alpha value is -2.99. The molecule has 1 aromatic heterocycles. The fraction of sp³-hybridized carbons (Fsp3) is 0.435. The smallest absolute Gasteiger partial charge is 0.251 e. The summed E-state index contributed by atoms with van der Waals surface area (Å²) in [7, 11) is 0. The molecule has 1 aromatic carbocycles. The molecule has 31 heavy (non-hydrogen) atoms. The second-order valence-corrected chi connectivity index (χ2v) is 7.72. The highest BCUT2D eigenvalue weighted by Crippen LogP contribution is 2.25. The zero-order chi connectivity index (χ0) is 21.5. The van der Waals surface area contributed by atoms with Crippen LogP contribution in [0.3, 0.4) is 0 Å². The van der Waals surface area contributed by atoms with Crippen molar-refractivity contribution in [1.82, 2.24) is 15.6 Å². The van der Waals surface area contributed by atoms with E-state index in [2.05, 4.69) is 33.1 Å². The molecule has 0 radical (unpaired) electrons. The molecule has 1 amide bonds. The summed E-state index contributed by atoms with van der Waals surface area (Å²) in [5.74, 6) is 0.628. The number of rotatable bonds is 5. The molecule has 0 aliphatic carbocycles. The number of nitrogens with one attached hydrogen (secondary N) is 3. The maximum Gasteiger partial charge on any atom is 0.251 e. The monoisotopic (exact) mass is 421 g/mol. The Morgan fingerprint density at radius 2 is 2.13 bits per heavy atom. The van der Waals surface area contributed by atoms with Crippen LogP contribution in [0.15, 0.2) is 36.5 Å². The Bertz CT molecular complexity index is 933. The highest BCUT2D eigenvalue weighted by Gasteiger charge is 2.23. The number of nitrogens with zero attached hydrogens (tertiary/aromatic N) is 2. The summed E-state index contributed by atoms with van der Waals surface area (Å²) in [5.41, 5.74) is 4.07. The first kappa shape index (κ1) is 21.2. The van der Waals surface area contributed by atoms with Gasteiger partial charge in [-0.3, -0.25) is 4.79 Å². The summed E-state index contributed by atoms with van der Waals surface area (Å²) in [5, 5.41) is 18.8. The van der Waals surface area contributed by atoms with E-state index in [1.165, 1.54) is 0 Å². The van der Waals surface area contributed by atoms with Crippen molar-refractivity contribution in [1.29, 1.82) is 5.26 Å². The molecule has 2 aliphatic heterocycles. The number of hydrogen-bond donors (Lipinski definition) is 3. The lowest BCUT2D eigenvalue weighted by atomic mass is 10.0. The minimum absolute atomic E-state index is 0.246. The summed E-state index contributed by atoms with van der Waals surface area (Å²) in [6, 6.07) is 11.7. The summed E-state index contributed by atoms with van der Waals surface area (Å²) in [6.07, 6.45) is 2.61. The van der Waals surface area contributed by atoms with Gasteiger partial charge in [0, 0.05) is 43.4 Å². The molecule has 3 heterocycles. The van der Waals surface area contributed by atoms with Crippen LogP contribution in [-0.4, -0.2) is 55.9 Å². The number of pyridine rings is 1. The van der Waals surface area contributed by atoms with Crippen LogP contribution in [0, 0.1) is 11.3 Å². The van der Waals surface area contributed by atoms with E-state index in [0.717, 1.165) is 47.6 Å². The topological polar surface area (TPSA) is 108 Å². The zero-order valence-corrected chi connectivity index (χ0v) is 17.4. The van der Waals surface area contributed by atoms with Crippen LogP contribution in [0.4, 0.5) is 5.82 Å². The highest BCUT2D eigenvalue weighted by atomic mass is 16.5. The number of aromatic nitrogens is 1. The van der Waals surface area contributed by atoms with Gasteiger partial charge in [0.2, 0.25) is 0 Å². The lowest BCUT2D eigenvalue weighted by Gasteiger charge is -2.18. The van der Waals surface area contributed by atoms with Crippen molar-refractivity contribution < 1.29 is 14.3 Å². The Morgan fingerprint density at radius 3 is 2.97 bits per heavy atom. The van der Waals surface area contributed by atoms with Gasteiger partial charge < -0.3 is 25.4 Å².